The lowest BCUT2D eigenvalue weighted by Crippen LogP contribution is -2.10. The summed E-state index contributed by atoms with van der Waals surface area (Å²) in [5, 5.41) is 3.90. The summed E-state index contributed by atoms with van der Waals surface area (Å²) in [5.74, 6) is 0.732. The van der Waals surface area contributed by atoms with E-state index in [9.17, 15) is 4.79 Å². The monoisotopic (exact) mass is 476 g/mol. The molecule has 0 radical (unpaired) electrons. The van der Waals surface area contributed by atoms with Gasteiger partial charge in [-0.3, -0.25) is 4.79 Å². The number of halogens is 2. The summed E-state index contributed by atoms with van der Waals surface area (Å²) in [4.78, 5) is 17.3. The van der Waals surface area contributed by atoms with Crippen molar-refractivity contribution in [2.75, 3.05) is 5.32 Å². The van der Waals surface area contributed by atoms with Crippen LogP contribution < -0.4 is 5.32 Å². The van der Waals surface area contributed by atoms with Gasteiger partial charge in [-0.25, -0.2) is 4.98 Å². The molecule has 33 heavy (non-hydrogen) atoms. The van der Waals surface area contributed by atoms with E-state index in [0.717, 1.165) is 17.5 Å². The summed E-state index contributed by atoms with van der Waals surface area (Å²) in [5.41, 5.74) is 4.53. The first-order valence-electron chi connectivity index (χ1n) is 10.4. The molecule has 3 aromatic carbocycles. The van der Waals surface area contributed by atoms with Crippen LogP contribution in [0, 0.1) is 0 Å². The van der Waals surface area contributed by atoms with Crippen molar-refractivity contribution in [3.8, 4) is 22.8 Å². The molecule has 5 aromatic rings. The van der Waals surface area contributed by atoms with E-state index in [-0.39, 0.29) is 11.7 Å². The van der Waals surface area contributed by atoms with Gasteiger partial charge in [0.1, 0.15) is 11.3 Å². The fraction of sp³-hybridized carbons (Fsp3) is 0.0769. The highest BCUT2D eigenvalue weighted by Gasteiger charge is 2.16. The van der Waals surface area contributed by atoms with E-state index in [2.05, 4.69) is 17.2 Å². The number of nitrogens with zero attached hydrogens (tertiary/aromatic N) is 1. The maximum Gasteiger partial charge on any atom is 0.291 e. The van der Waals surface area contributed by atoms with E-state index in [1.54, 1.807) is 42.5 Å². The summed E-state index contributed by atoms with van der Waals surface area (Å²) < 4.78 is 11.6. The predicted octanol–water partition coefficient (Wildman–Crippen LogP) is 7.88. The first kappa shape index (κ1) is 21.3. The Kier molecular flexibility index (Phi) is 5.67. The van der Waals surface area contributed by atoms with Crippen molar-refractivity contribution < 1.29 is 13.6 Å². The largest absolute Gasteiger partial charge is 0.451 e. The van der Waals surface area contributed by atoms with Crippen LogP contribution in [0.4, 0.5) is 5.69 Å². The predicted molar refractivity (Wildman–Crippen MR) is 131 cm³/mol. The van der Waals surface area contributed by atoms with Crippen molar-refractivity contribution in [2.24, 2.45) is 0 Å². The van der Waals surface area contributed by atoms with Crippen LogP contribution in [-0.2, 0) is 6.42 Å². The van der Waals surface area contributed by atoms with Crippen LogP contribution in [-0.4, -0.2) is 10.9 Å². The molecule has 2 heterocycles. The van der Waals surface area contributed by atoms with Crippen molar-refractivity contribution in [1.29, 1.82) is 0 Å². The number of benzene rings is 3. The van der Waals surface area contributed by atoms with E-state index in [1.165, 1.54) is 5.56 Å². The Bertz CT molecular complexity index is 1490. The SMILES string of the molecule is CCc1ccc2oc(-c3cc(NC(=O)c4ccc(-c5cccc(Cl)c5)o4)ccc3Cl)nc2c1. The topological polar surface area (TPSA) is 68.3 Å². The molecule has 5 nitrogen and oxygen atoms in total. The zero-order valence-electron chi connectivity index (χ0n) is 17.6. The van der Waals surface area contributed by atoms with Gasteiger partial charge < -0.3 is 14.2 Å². The van der Waals surface area contributed by atoms with E-state index in [1.807, 2.05) is 30.3 Å². The smallest absolute Gasteiger partial charge is 0.291 e. The number of hydrogen-bond acceptors (Lipinski definition) is 4. The Morgan fingerprint density at radius 3 is 2.67 bits per heavy atom. The van der Waals surface area contributed by atoms with Gasteiger partial charge in [0, 0.05) is 16.3 Å². The fourth-order valence-corrected chi connectivity index (χ4v) is 3.91. The average Bonchev–Trinajstić information content (AvgIpc) is 3.47. The van der Waals surface area contributed by atoms with Crippen molar-refractivity contribution >= 4 is 45.9 Å². The minimum Gasteiger partial charge on any atom is -0.451 e. The van der Waals surface area contributed by atoms with Crippen molar-refractivity contribution in [2.45, 2.75) is 13.3 Å². The molecular weight excluding hydrogens is 459 g/mol. The fourth-order valence-electron chi connectivity index (χ4n) is 3.52. The summed E-state index contributed by atoms with van der Waals surface area (Å²) in [7, 11) is 0. The Morgan fingerprint density at radius 1 is 0.970 bits per heavy atom. The molecule has 0 unspecified atom stereocenters. The highest BCUT2D eigenvalue weighted by molar-refractivity contribution is 6.33. The Balaban J connectivity index is 1.40. The molecule has 0 atom stereocenters. The molecule has 0 aliphatic heterocycles. The molecular formula is C26H18Cl2N2O3. The number of fused-ring (bicyclic) bond motifs is 1. The highest BCUT2D eigenvalue weighted by Crippen LogP contribution is 2.33. The normalized spacial score (nSPS) is 11.1. The summed E-state index contributed by atoms with van der Waals surface area (Å²) in [6.07, 6.45) is 0.909. The van der Waals surface area contributed by atoms with Crippen LogP contribution in [0.25, 0.3) is 33.9 Å². The van der Waals surface area contributed by atoms with Crippen LogP contribution in [0.1, 0.15) is 23.0 Å². The second-order valence-electron chi connectivity index (χ2n) is 7.50. The van der Waals surface area contributed by atoms with Gasteiger partial charge >= 0.3 is 0 Å². The molecule has 5 rings (SSSR count). The number of hydrogen-bond donors (Lipinski definition) is 1. The summed E-state index contributed by atoms with van der Waals surface area (Å²) >= 11 is 12.5. The van der Waals surface area contributed by atoms with E-state index < -0.39 is 0 Å². The lowest BCUT2D eigenvalue weighted by molar-refractivity contribution is 0.0997. The second-order valence-corrected chi connectivity index (χ2v) is 8.34. The minimum absolute atomic E-state index is 0.176. The Morgan fingerprint density at radius 2 is 1.85 bits per heavy atom. The standard InChI is InChI=1S/C26H18Cl2N2O3/c1-2-15-6-9-23-21(12-15)30-26(33-23)19-14-18(7-8-20(19)28)29-25(31)24-11-10-22(32-24)16-4-3-5-17(27)13-16/h3-14H,2H2,1H3,(H,29,31). The molecule has 1 N–H and O–H groups in total. The van der Waals surface area contributed by atoms with Crippen LogP contribution in [0.5, 0.6) is 0 Å². The molecule has 0 fully saturated rings. The minimum atomic E-state index is -0.387. The third-order valence-electron chi connectivity index (χ3n) is 5.25. The van der Waals surface area contributed by atoms with E-state index in [4.69, 9.17) is 32.0 Å². The molecule has 0 bridgehead atoms. The Labute approximate surface area is 200 Å². The number of rotatable bonds is 5. The number of amides is 1. The quantitative estimate of drug-likeness (QED) is 0.280. The zero-order valence-corrected chi connectivity index (χ0v) is 19.1. The molecule has 2 aromatic heterocycles. The first-order chi connectivity index (χ1) is 16.0. The van der Waals surface area contributed by atoms with Gasteiger partial charge in [0.25, 0.3) is 5.91 Å². The third-order valence-corrected chi connectivity index (χ3v) is 5.82. The number of carbonyl (C=O) groups excluding carboxylic acids is 1. The molecule has 0 aliphatic carbocycles. The van der Waals surface area contributed by atoms with Gasteiger partial charge in [0.2, 0.25) is 5.89 Å². The highest BCUT2D eigenvalue weighted by atomic mass is 35.5. The number of anilines is 1. The molecule has 7 heteroatoms. The molecule has 164 valence electrons. The number of aryl methyl sites for hydroxylation is 1. The van der Waals surface area contributed by atoms with Gasteiger partial charge in [-0.2, -0.15) is 0 Å². The van der Waals surface area contributed by atoms with E-state index >= 15 is 0 Å². The third kappa shape index (κ3) is 4.38. The molecule has 0 spiro atoms. The maximum atomic E-state index is 12.8. The number of furan rings is 1. The second kappa shape index (κ2) is 8.77. The molecule has 0 saturated carbocycles. The van der Waals surface area contributed by atoms with Gasteiger partial charge in [0.05, 0.1) is 10.6 Å². The lowest BCUT2D eigenvalue weighted by Gasteiger charge is -2.06. The molecule has 0 aliphatic rings. The van der Waals surface area contributed by atoms with Gasteiger partial charge in [-0.15, -0.1) is 0 Å². The maximum absolute atomic E-state index is 12.8. The Hall–Kier alpha value is -3.54. The zero-order chi connectivity index (χ0) is 22.9. The number of carbonyl (C=O) groups is 1. The number of aromatic nitrogens is 1. The van der Waals surface area contributed by atoms with Crippen molar-refractivity contribution in [3.63, 3.8) is 0 Å². The van der Waals surface area contributed by atoms with Crippen LogP contribution in [0.15, 0.2) is 81.6 Å². The van der Waals surface area contributed by atoms with Gasteiger partial charge in [-0.05, 0) is 66.6 Å². The van der Waals surface area contributed by atoms with Gasteiger partial charge in [0.15, 0.2) is 11.3 Å². The van der Waals surface area contributed by atoms with Gasteiger partial charge in [-0.1, -0.05) is 48.3 Å². The number of nitrogens with one attached hydrogen (secondary N) is 1. The first-order valence-corrected chi connectivity index (χ1v) is 11.1. The van der Waals surface area contributed by atoms with Crippen molar-refractivity contribution in [3.05, 3.63) is 94.2 Å². The average molecular weight is 477 g/mol. The van der Waals surface area contributed by atoms with Crippen LogP contribution in [0.3, 0.4) is 0 Å². The molecule has 0 saturated heterocycles. The van der Waals surface area contributed by atoms with Crippen LogP contribution >= 0.6 is 23.2 Å². The lowest BCUT2D eigenvalue weighted by atomic mass is 10.1. The summed E-state index contributed by atoms with van der Waals surface area (Å²) in [6, 6.07) is 21.6. The number of oxazole rings is 1. The molecule has 1 amide bonds. The van der Waals surface area contributed by atoms with Crippen LogP contribution in [0.2, 0.25) is 10.0 Å². The van der Waals surface area contributed by atoms with Crippen molar-refractivity contribution in [1.82, 2.24) is 4.98 Å². The van der Waals surface area contributed by atoms with E-state index in [0.29, 0.717) is 38.5 Å². The summed E-state index contributed by atoms with van der Waals surface area (Å²) in [6.45, 7) is 2.09.